The SMILES string of the molecule is CCNC(=NCC(=O)NCCc1ccccc1)NC1CC(=O)N(c2ccccc2)C1.I. The molecule has 1 atom stereocenters. The minimum atomic E-state index is -0.128. The first-order valence-corrected chi connectivity index (χ1v) is 10.4. The van der Waals surface area contributed by atoms with E-state index in [0.29, 0.717) is 32.0 Å². The van der Waals surface area contributed by atoms with Gasteiger partial charge in [-0.3, -0.25) is 9.59 Å². The van der Waals surface area contributed by atoms with E-state index in [1.165, 1.54) is 5.56 Å². The third kappa shape index (κ3) is 7.86. The molecule has 2 aromatic rings. The van der Waals surface area contributed by atoms with Gasteiger partial charge < -0.3 is 20.9 Å². The van der Waals surface area contributed by atoms with Crippen LogP contribution in [0.3, 0.4) is 0 Å². The van der Waals surface area contributed by atoms with E-state index >= 15 is 0 Å². The molecule has 0 bridgehead atoms. The fourth-order valence-electron chi connectivity index (χ4n) is 3.37. The van der Waals surface area contributed by atoms with Crippen molar-refractivity contribution in [2.45, 2.75) is 25.8 Å². The summed E-state index contributed by atoms with van der Waals surface area (Å²) in [6, 6.07) is 19.6. The van der Waals surface area contributed by atoms with Crippen LogP contribution in [-0.2, 0) is 16.0 Å². The smallest absolute Gasteiger partial charge is 0.241 e. The monoisotopic (exact) mass is 535 g/mol. The molecule has 0 spiro atoms. The number of nitrogens with one attached hydrogen (secondary N) is 3. The Morgan fingerprint density at radius 3 is 2.42 bits per heavy atom. The van der Waals surface area contributed by atoms with Crippen LogP contribution in [0.15, 0.2) is 65.7 Å². The number of rotatable bonds is 8. The minimum absolute atomic E-state index is 0. The number of para-hydroxylation sites is 1. The summed E-state index contributed by atoms with van der Waals surface area (Å²) < 4.78 is 0. The summed E-state index contributed by atoms with van der Waals surface area (Å²) in [7, 11) is 0. The van der Waals surface area contributed by atoms with Crippen LogP contribution in [0.2, 0.25) is 0 Å². The Balaban J connectivity index is 0.00000341. The number of nitrogens with zero attached hydrogens (tertiary/aromatic N) is 2. The molecule has 1 aliphatic rings. The van der Waals surface area contributed by atoms with Crippen LogP contribution in [0.4, 0.5) is 5.69 Å². The summed E-state index contributed by atoms with van der Waals surface area (Å²) in [6.07, 6.45) is 1.18. The molecule has 1 unspecified atom stereocenters. The lowest BCUT2D eigenvalue weighted by Crippen LogP contribution is -2.45. The molecule has 1 fully saturated rings. The highest BCUT2D eigenvalue weighted by Crippen LogP contribution is 2.20. The van der Waals surface area contributed by atoms with Gasteiger partial charge in [-0.25, -0.2) is 4.99 Å². The Kier molecular flexibility index (Phi) is 10.3. The van der Waals surface area contributed by atoms with Gasteiger partial charge in [-0.2, -0.15) is 0 Å². The number of carbonyl (C=O) groups excluding carboxylic acids is 2. The van der Waals surface area contributed by atoms with Crippen LogP contribution in [0, 0.1) is 0 Å². The Hall–Kier alpha value is -2.62. The zero-order valence-corrected chi connectivity index (χ0v) is 20.0. The number of hydrogen-bond acceptors (Lipinski definition) is 3. The van der Waals surface area contributed by atoms with Crippen LogP contribution in [-0.4, -0.2) is 50.0 Å². The van der Waals surface area contributed by atoms with E-state index in [1.54, 1.807) is 4.90 Å². The number of amides is 2. The molecule has 2 amide bonds. The number of halogens is 1. The summed E-state index contributed by atoms with van der Waals surface area (Å²) in [5.41, 5.74) is 2.08. The molecule has 0 saturated carbocycles. The second kappa shape index (κ2) is 12.9. The summed E-state index contributed by atoms with van der Waals surface area (Å²) in [4.78, 5) is 30.7. The van der Waals surface area contributed by atoms with Crippen LogP contribution in [0.5, 0.6) is 0 Å². The first-order chi connectivity index (χ1) is 14.7. The summed E-state index contributed by atoms with van der Waals surface area (Å²) in [5, 5.41) is 9.32. The standard InChI is InChI=1S/C23H29N5O2.HI/c1-2-24-23(26-16-21(29)25-14-13-18-9-5-3-6-10-18)27-19-15-22(30)28(17-19)20-11-7-4-8-12-20;/h3-12,19H,2,13-17H2,1H3,(H,25,29)(H2,24,26,27);1H. The molecule has 1 heterocycles. The molecule has 3 rings (SSSR count). The molecule has 3 N–H and O–H groups in total. The van der Waals surface area contributed by atoms with E-state index in [9.17, 15) is 9.59 Å². The van der Waals surface area contributed by atoms with E-state index in [0.717, 1.165) is 12.1 Å². The maximum atomic E-state index is 12.4. The van der Waals surface area contributed by atoms with Crippen molar-refractivity contribution >= 4 is 47.4 Å². The lowest BCUT2D eigenvalue weighted by atomic mass is 10.1. The fraction of sp³-hybridized carbons (Fsp3) is 0.348. The Bertz CT molecular complexity index is 861. The van der Waals surface area contributed by atoms with Gasteiger partial charge in [-0.15, -0.1) is 24.0 Å². The Morgan fingerprint density at radius 2 is 1.74 bits per heavy atom. The van der Waals surface area contributed by atoms with Gasteiger partial charge in [-0.1, -0.05) is 48.5 Å². The second-order valence-electron chi connectivity index (χ2n) is 7.17. The number of benzene rings is 2. The van der Waals surface area contributed by atoms with Crippen LogP contribution < -0.4 is 20.9 Å². The Labute approximate surface area is 200 Å². The average molecular weight is 535 g/mol. The molecule has 0 radical (unpaired) electrons. The van der Waals surface area contributed by atoms with E-state index < -0.39 is 0 Å². The number of aliphatic imine (C=N–C) groups is 1. The average Bonchev–Trinajstić information content (AvgIpc) is 3.13. The first-order valence-electron chi connectivity index (χ1n) is 10.4. The highest BCUT2D eigenvalue weighted by molar-refractivity contribution is 14.0. The highest BCUT2D eigenvalue weighted by atomic mass is 127. The van der Waals surface area contributed by atoms with Crippen molar-refractivity contribution in [3.05, 3.63) is 66.2 Å². The third-order valence-corrected chi connectivity index (χ3v) is 4.84. The third-order valence-electron chi connectivity index (χ3n) is 4.84. The number of carbonyl (C=O) groups is 2. The Morgan fingerprint density at radius 1 is 1.06 bits per heavy atom. The van der Waals surface area contributed by atoms with Gasteiger partial charge in [-0.05, 0) is 31.0 Å². The zero-order valence-electron chi connectivity index (χ0n) is 17.7. The normalized spacial score (nSPS) is 15.9. The van der Waals surface area contributed by atoms with Gasteiger partial charge in [0.05, 0.1) is 6.04 Å². The minimum Gasteiger partial charge on any atom is -0.357 e. The second-order valence-corrected chi connectivity index (χ2v) is 7.17. The quantitative estimate of drug-likeness (QED) is 0.275. The molecular weight excluding hydrogens is 505 g/mol. The van der Waals surface area contributed by atoms with Gasteiger partial charge in [0, 0.05) is 31.7 Å². The molecule has 2 aromatic carbocycles. The van der Waals surface area contributed by atoms with Crippen molar-refractivity contribution in [1.29, 1.82) is 0 Å². The first kappa shape index (κ1) is 24.6. The molecule has 0 aromatic heterocycles. The molecule has 1 aliphatic heterocycles. The molecule has 8 heteroatoms. The number of hydrogen-bond donors (Lipinski definition) is 3. The van der Waals surface area contributed by atoms with Gasteiger partial charge in [0.2, 0.25) is 11.8 Å². The molecular formula is C23H30IN5O2. The zero-order chi connectivity index (χ0) is 21.2. The highest BCUT2D eigenvalue weighted by Gasteiger charge is 2.31. The summed E-state index contributed by atoms with van der Waals surface area (Å²) >= 11 is 0. The maximum absolute atomic E-state index is 12.4. The lowest BCUT2D eigenvalue weighted by molar-refractivity contribution is -0.119. The number of anilines is 1. The predicted octanol–water partition coefficient (Wildman–Crippen LogP) is 2.32. The fourth-order valence-corrected chi connectivity index (χ4v) is 3.37. The molecule has 0 aliphatic carbocycles. The van der Waals surface area contributed by atoms with Crippen molar-refractivity contribution in [2.24, 2.45) is 4.99 Å². The van der Waals surface area contributed by atoms with E-state index in [4.69, 9.17) is 0 Å². The van der Waals surface area contributed by atoms with Crippen molar-refractivity contribution in [3.63, 3.8) is 0 Å². The van der Waals surface area contributed by atoms with Crippen LogP contribution >= 0.6 is 24.0 Å². The van der Waals surface area contributed by atoms with E-state index in [2.05, 4.69) is 20.9 Å². The van der Waals surface area contributed by atoms with Gasteiger partial charge in [0.15, 0.2) is 5.96 Å². The topological polar surface area (TPSA) is 85.8 Å². The van der Waals surface area contributed by atoms with Crippen LogP contribution in [0.1, 0.15) is 18.9 Å². The summed E-state index contributed by atoms with van der Waals surface area (Å²) in [5.74, 6) is 0.494. The largest absolute Gasteiger partial charge is 0.357 e. The van der Waals surface area contributed by atoms with Crippen LogP contribution in [0.25, 0.3) is 0 Å². The molecule has 166 valence electrons. The van der Waals surface area contributed by atoms with Gasteiger partial charge in [0.1, 0.15) is 6.54 Å². The van der Waals surface area contributed by atoms with Crippen molar-refractivity contribution in [2.75, 3.05) is 31.1 Å². The maximum Gasteiger partial charge on any atom is 0.241 e. The van der Waals surface area contributed by atoms with E-state index in [-0.39, 0.29) is 48.4 Å². The molecule has 7 nitrogen and oxygen atoms in total. The predicted molar refractivity (Wildman–Crippen MR) is 135 cm³/mol. The number of guanidine groups is 1. The van der Waals surface area contributed by atoms with Gasteiger partial charge >= 0.3 is 0 Å². The lowest BCUT2D eigenvalue weighted by Gasteiger charge is -2.19. The van der Waals surface area contributed by atoms with Crippen molar-refractivity contribution in [1.82, 2.24) is 16.0 Å². The van der Waals surface area contributed by atoms with E-state index in [1.807, 2.05) is 67.6 Å². The van der Waals surface area contributed by atoms with Crippen molar-refractivity contribution in [3.8, 4) is 0 Å². The molecule has 1 saturated heterocycles. The molecule has 31 heavy (non-hydrogen) atoms. The van der Waals surface area contributed by atoms with Crippen molar-refractivity contribution < 1.29 is 9.59 Å². The summed E-state index contributed by atoms with van der Waals surface area (Å²) in [6.45, 7) is 3.81. The van der Waals surface area contributed by atoms with Gasteiger partial charge in [0.25, 0.3) is 0 Å².